The maximum Gasteiger partial charge on any atom is 0.223 e. The third kappa shape index (κ3) is 3.56. The fourth-order valence-corrected chi connectivity index (χ4v) is 1.93. The Balaban J connectivity index is 2.53. The van der Waals surface area contributed by atoms with Crippen LogP contribution in [0.1, 0.15) is 6.92 Å². The molecule has 1 amide bonds. The molecule has 6 heteroatoms. The normalized spacial score (nSPS) is 9.62. The number of carbonyl (C=O) groups is 1. The van der Waals surface area contributed by atoms with E-state index in [1.807, 2.05) is 0 Å². The molecular weight excluding hydrogens is 206 g/mol. The summed E-state index contributed by atoms with van der Waals surface area (Å²) >= 11 is 2.67. The zero-order valence-corrected chi connectivity index (χ0v) is 8.74. The summed E-state index contributed by atoms with van der Waals surface area (Å²) in [6, 6.07) is 0. The first-order chi connectivity index (χ1) is 6.22. The number of thioether (sulfide) groups is 1. The SMILES string of the molecule is C=CCSc1nsc(NC(C)=O)n1. The van der Waals surface area contributed by atoms with Gasteiger partial charge in [0.15, 0.2) is 0 Å². The monoisotopic (exact) mass is 215 g/mol. The second-order valence-electron chi connectivity index (χ2n) is 2.16. The summed E-state index contributed by atoms with van der Waals surface area (Å²) in [4.78, 5) is 14.7. The number of carbonyl (C=O) groups excluding carboxylic acids is 1. The zero-order valence-electron chi connectivity index (χ0n) is 7.11. The highest BCUT2D eigenvalue weighted by Gasteiger charge is 2.04. The Morgan fingerprint density at radius 1 is 1.85 bits per heavy atom. The summed E-state index contributed by atoms with van der Waals surface area (Å²) in [5.41, 5.74) is 0. The molecule has 0 saturated heterocycles. The quantitative estimate of drug-likeness (QED) is 0.614. The molecule has 0 aromatic carbocycles. The summed E-state index contributed by atoms with van der Waals surface area (Å²) in [5, 5.41) is 3.78. The molecule has 1 aromatic rings. The van der Waals surface area contributed by atoms with Crippen molar-refractivity contribution < 1.29 is 4.79 Å². The van der Waals surface area contributed by atoms with Crippen LogP contribution in [0.15, 0.2) is 17.8 Å². The van der Waals surface area contributed by atoms with Gasteiger partial charge in [-0.25, -0.2) is 0 Å². The van der Waals surface area contributed by atoms with Gasteiger partial charge in [0.2, 0.25) is 16.2 Å². The second-order valence-corrected chi connectivity index (χ2v) is 3.90. The van der Waals surface area contributed by atoms with E-state index in [0.717, 1.165) is 5.75 Å². The number of hydrogen-bond acceptors (Lipinski definition) is 5. The molecule has 0 saturated carbocycles. The Morgan fingerprint density at radius 2 is 2.62 bits per heavy atom. The van der Waals surface area contributed by atoms with Gasteiger partial charge >= 0.3 is 0 Å². The predicted octanol–water partition coefficient (Wildman–Crippen LogP) is 1.77. The topological polar surface area (TPSA) is 54.9 Å². The molecule has 0 spiro atoms. The summed E-state index contributed by atoms with van der Waals surface area (Å²) in [6.07, 6.45) is 1.78. The lowest BCUT2D eigenvalue weighted by atomic mass is 10.7. The first kappa shape index (κ1) is 10.2. The fraction of sp³-hybridized carbons (Fsp3) is 0.286. The Kier molecular flexibility index (Phi) is 3.91. The van der Waals surface area contributed by atoms with E-state index in [1.165, 1.54) is 30.2 Å². The van der Waals surface area contributed by atoms with Crippen molar-refractivity contribution in [3.05, 3.63) is 12.7 Å². The molecule has 0 unspecified atom stereocenters. The highest BCUT2D eigenvalue weighted by Crippen LogP contribution is 2.19. The van der Waals surface area contributed by atoms with Crippen LogP contribution in [0.3, 0.4) is 0 Å². The lowest BCUT2D eigenvalue weighted by Gasteiger charge is -1.91. The average molecular weight is 215 g/mol. The maximum absolute atomic E-state index is 10.6. The number of nitrogens with zero attached hydrogens (tertiary/aromatic N) is 2. The van der Waals surface area contributed by atoms with Gasteiger partial charge in [-0.2, -0.15) is 9.36 Å². The number of nitrogens with one attached hydrogen (secondary N) is 1. The van der Waals surface area contributed by atoms with Crippen LogP contribution < -0.4 is 5.32 Å². The largest absolute Gasteiger partial charge is 0.301 e. The summed E-state index contributed by atoms with van der Waals surface area (Å²) in [7, 11) is 0. The third-order valence-electron chi connectivity index (χ3n) is 1.02. The molecule has 0 fully saturated rings. The number of amides is 1. The molecule has 0 radical (unpaired) electrons. The van der Waals surface area contributed by atoms with E-state index in [9.17, 15) is 4.79 Å². The van der Waals surface area contributed by atoms with Crippen molar-refractivity contribution in [2.75, 3.05) is 11.1 Å². The van der Waals surface area contributed by atoms with E-state index in [2.05, 4.69) is 21.3 Å². The van der Waals surface area contributed by atoms with Crippen molar-refractivity contribution in [1.29, 1.82) is 0 Å². The van der Waals surface area contributed by atoms with E-state index in [-0.39, 0.29) is 5.91 Å². The van der Waals surface area contributed by atoms with Crippen molar-refractivity contribution in [2.45, 2.75) is 12.1 Å². The molecule has 13 heavy (non-hydrogen) atoms. The van der Waals surface area contributed by atoms with Crippen LogP contribution in [-0.2, 0) is 4.79 Å². The molecule has 1 heterocycles. The van der Waals surface area contributed by atoms with Gasteiger partial charge in [0.25, 0.3) is 0 Å². The molecule has 0 bridgehead atoms. The standard InChI is InChI=1S/C7H9N3OS2/c1-3-4-12-7-9-6(13-10-7)8-5(2)11/h3H,1,4H2,2H3,(H,8,9,10,11). The Bertz CT molecular complexity index is 310. The number of aromatic nitrogens is 2. The van der Waals surface area contributed by atoms with Gasteiger partial charge in [-0.05, 0) is 0 Å². The summed E-state index contributed by atoms with van der Waals surface area (Å²) in [6.45, 7) is 5.03. The van der Waals surface area contributed by atoms with Gasteiger partial charge in [0, 0.05) is 24.2 Å². The molecule has 0 aliphatic rings. The Hall–Kier alpha value is -0.880. The zero-order chi connectivity index (χ0) is 9.68. The van der Waals surface area contributed by atoms with Crippen molar-refractivity contribution in [3.8, 4) is 0 Å². The van der Waals surface area contributed by atoms with Gasteiger partial charge in [0.05, 0.1) is 0 Å². The van der Waals surface area contributed by atoms with E-state index in [1.54, 1.807) is 6.08 Å². The van der Waals surface area contributed by atoms with Crippen LogP contribution in [0, 0.1) is 0 Å². The molecule has 0 aliphatic carbocycles. The molecule has 4 nitrogen and oxygen atoms in total. The maximum atomic E-state index is 10.6. The van der Waals surface area contributed by atoms with Crippen LogP contribution in [0.4, 0.5) is 5.13 Å². The minimum absolute atomic E-state index is 0.128. The number of anilines is 1. The van der Waals surface area contributed by atoms with E-state index in [4.69, 9.17) is 0 Å². The third-order valence-corrected chi connectivity index (χ3v) is 2.61. The van der Waals surface area contributed by atoms with Crippen molar-refractivity contribution in [2.24, 2.45) is 0 Å². The van der Waals surface area contributed by atoms with Crippen molar-refractivity contribution in [3.63, 3.8) is 0 Å². The lowest BCUT2D eigenvalue weighted by molar-refractivity contribution is -0.114. The highest BCUT2D eigenvalue weighted by molar-refractivity contribution is 7.99. The van der Waals surface area contributed by atoms with E-state index >= 15 is 0 Å². The van der Waals surface area contributed by atoms with Crippen LogP contribution in [0.25, 0.3) is 0 Å². The number of rotatable bonds is 4. The van der Waals surface area contributed by atoms with Crippen LogP contribution in [0.5, 0.6) is 0 Å². The first-order valence-corrected chi connectivity index (χ1v) is 5.33. The molecule has 70 valence electrons. The van der Waals surface area contributed by atoms with Gasteiger partial charge < -0.3 is 5.32 Å². The van der Waals surface area contributed by atoms with Crippen molar-refractivity contribution >= 4 is 34.3 Å². The van der Waals surface area contributed by atoms with Crippen LogP contribution in [-0.4, -0.2) is 21.0 Å². The van der Waals surface area contributed by atoms with Crippen LogP contribution >= 0.6 is 23.3 Å². The van der Waals surface area contributed by atoms with Crippen LogP contribution in [0.2, 0.25) is 0 Å². The van der Waals surface area contributed by atoms with Gasteiger partial charge in [-0.15, -0.1) is 6.58 Å². The minimum Gasteiger partial charge on any atom is -0.301 e. The molecule has 1 N–H and O–H groups in total. The summed E-state index contributed by atoms with van der Waals surface area (Å²) in [5.74, 6) is 0.646. The van der Waals surface area contributed by atoms with E-state index < -0.39 is 0 Å². The number of hydrogen-bond donors (Lipinski definition) is 1. The van der Waals surface area contributed by atoms with Gasteiger partial charge in [-0.1, -0.05) is 17.8 Å². The first-order valence-electron chi connectivity index (χ1n) is 3.57. The smallest absolute Gasteiger partial charge is 0.223 e. The Morgan fingerprint density at radius 3 is 3.23 bits per heavy atom. The minimum atomic E-state index is -0.128. The summed E-state index contributed by atoms with van der Waals surface area (Å²) < 4.78 is 4.04. The predicted molar refractivity (Wildman–Crippen MR) is 55.1 cm³/mol. The average Bonchev–Trinajstić information content (AvgIpc) is 2.48. The van der Waals surface area contributed by atoms with Gasteiger partial charge in [-0.3, -0.25) is 4.79 Å². The fourth-order valence-electron chi connectivity index (χ4n) is 0.603. The van der Waals surface area contributed by atoms with Gasteiger partial charge in [0.1, 0.15) is 0 Å². The molecule has 1 aromatic heterocycles. The Labute approximate surface area is 84.6 Å². The lowest BCUT2D eigenvalue weighted by Crippen LogP contribution is -2.04. The molecule has 0 atom stereocenters. The molecule has 1 rings (SSSR count). The molecule has 0 aliphatic heterocycles. The second kappa shape index (κ2) is 4.98. The molecular formula is C7H9N3OS2. The van der Waals surface area contributed by atoms with E-state index in [0.29, 0.717) is 10.3 Å². The van der Waals surface area contributed by atoms with Crippen molar-refractivity contribution in [1.82, 2.24) is 9.36 Å². The highest BCUT2D eigenvalue weighted by atomic mass is 32.2.